The smallest absolute Gasteiger partial charge is 0.249 e. The molecule has 0 saturated carbocycles. The van der Waals surface area contributed by atoms with E-state index in [1.54, 1.807) is 18.2 Å². The van der Waals surface area contributed by atoms with E-state index in [9.17, 15) is 4.79 Å². The van der Waals surface area contributed by atoms with E-state index >= 15 is 0 Å². The molecule has 0 bridgehead atoms. The third kappa shape index (κ3) is 3.57. The summed E-state index contributed by atoms with van der Waals surface area (Å²) in [5.74, 6) is 0.319. The lowest BCUT2D eigenvalue weighted by atomic mass is 10.2. The summed E-state index contributed by atoms with van der Waals surface area (Å²) in [6.45, 7) is 0. The Morgan fingerprint density at radius 3 is 2.76 bits per heavy atom. The average Bonchev–Trinajstić information content (AvgIpc) is 2.39. The Bertz CT molecular complexity index is 506. The Kier molecular flexibility index (Phi) is 3.65. The largest absolute Gasteiger partial charge is 0.307 e. The van der Waals surface area contributed by atoms with E-state index in [1.165, 1.54) is 12.3 Å². The van der Waals surface area contributed by atoms with Gasteiger partial charge in [0.2, 0.25) is 5.91 Å². The fourth-order valence-electron chi connectivity index (χ4n) is 1.30. The van der Waals surface area contributed by atoms with E-state index in [1.807, 2.05) is 30.3 Å². The first kappa shape index (κ1) is 11.1. The highest BCUT2D eigenvalue weighted by Crippen LogP contribution is 2.03. The Hall–Kier alpha value is -2.42. The molecular weight excluding hydrogens is 212 g/mol. The fourth-order valence-corrected chi connectivity index (χ4v) is 1.30. The van der Waals surface area contributed by atoms with Crippen LogP contribution in [0.1, 0.15) is 5.56 Å². The van der Waals surface area contributed by atoms with Crippen molar-refractivity contribution < 1.29 is 4.79 Å². The van der Waals surface area contributed by atoms with Gasteiger partial charge in [-0.3, -0.25) is 4.79 Å². The molecule has 83 valence electrons. The van der Waals surface area contributed by atoms with E-state index < -0.39 is 0 Å². The number of nitrogens with one attached hydrogen (secondary N) is 1. The molecule has 0 aliphatic rings. The molecule has 1 heterocycles. The highest BCUT2D eigenvalue weighted by atomic mass is 16.1. The fraction of sp³-hybridized carbons (Fsp3) is 0. The molecule has 1 aromatic heterocycles. The van der Waals surface area contributed by atoms with Crippen LogP contribution in [0.3, 0.4) is 0 Å². The van der Waals surface area contributed by atoms with Crippen LogP contribution < -0.4 is 5.32 Å². The van der Waals surface area contributed by atoms with Crippen molar-refractivity contribution in [1.82, 2.24) is 4.98 Å². The summed E-state index contributed by atoms with van der Waals surface area (Å²) >= 11 is 0. The number of anilines is 1. The predicted octanol–water partition coefficient (Wildman–Crippen LogP) is 2.53. The summed E-state index contributed by atoms with van der Waals surface area (Å²) in [6, 6.07) is 15.8. The number of hydrogen-bond donors (Lipinski definition) is 1. The zero-order valence-corrected chi connectivity index (χ0v) is 9.13. The number of rotatable bonds is 3. The normalized spacial score (nSPS) is 10.4. The molecule has 0 saturated heterocycles. The Morgan fingerprint density at radius 1 is 1.24 bits per heavy atom. The second-order valence-corrected chi connectivity index (χ2v) is 3.38. The zero-order chi connectivity index (χ0) is 11.9. The molecule has 0 spiro atoms. The Labute approximate surface area is 99.8 Å². The van der Waals surface area contributed by atoms with Crippen LogP contribution in [-0.2, 0) is 4.79 Å². The van der Waals surface area contributed by atoms with Gasteiger partial charge in [0.1, 0.15) is 5.82 Å². The van der Waals surface area contributed by atoms with Gasteiger partial charge >= 0.3 is 0 Å². The third-order valence-electron chi connectivity index (χ3n) is 2.09. The molecule has 1 amide bonds. The van der Waals surface area contributed by atoms with Crippen LogP contribution >= 0.6 is 0 Å². The van der Waals surface area contributed by atoms with Crippen molar-refractivity contribution in [3.05, 3.63) is 66.4 Å². The van der Waals surface area contributed by atoms with Gasteiger partial charge in [-0.25, -0.2) is 4.98 Å². The van der Waals surface area contributed by atoms with Crippen molar-refractivity contribution in [2.24, 2.45) is 0 Å². The number of amides is 1. The summed E-state index contributed by atoms with van der Waals surface area (Å²) in [5.41, 5.74) is 0.983. The quantitative estimate of drug-likeness (QED) is 0.812. The number of benzene rings is 1. The molecule has 1 aromatic carbocycles. The summed E-state index contributed by atoms with van der Waals surface area (Å²) < 4.78 is 0. The van der Waals surface area contributed by atoms with Gasteiger partial charge in [-0.05, 0) is 23.8 Å². The van der Waals surface area contributed by atoms with Crippen LogP contribution in [0.2, 0.25) is 0 Å². The topological polar surface area (TPSA) is 42.0 Å². The first-order valence-electron chi connectivity index (χ1n) is 5.21. The standard InChI is InChI=1S/C14H11N2O/c17-14(16-13-8-4-5-11-15-13)10-9-12-6-2-1-3-7-12/h1-4,6-11H,(H,15,16,17). The number of aromatic nitrogens is 1. The Balaban J connectivity index is 1.96. The van der Waals surface area contributed by atoms with E-state index in [-0.39, 0.29) is 5.91 Å². The maximum absolute atomic E-state index is 11.5. The SMILES string of the molecule is O=C(C=Cc1ccccc1)Nc1cc[c]cn1. The highest BCUT2D eigenvalue weighted by Gasteiger charge is 1.96. The van der Waals surface area contributed by atoms with Crippen LogP contribution in [0, 0.1) is 6.07 Å². The van der Waals surface area contributed by atoms with Crippen molar-refractivity contribution in [2.75, 3.05) is 5.32 Å². The number of pyridine rings is 1. The molecular formula is C14H11N2O. The van der Waals surface area contributed by atoms with Gasteiger partial charge in [-0.15, -0.1) is 0 Å². The van der Waals surface area contributed by atoms with Gasteiger partial charge < -0.3 is 5.32 Å². The van der Waals surface area contributed by atoms with Crippen molar-refractivity contribution in [2.45, 2.75) is 0 Å². The van der Waals surface area contributed by atoms with Crippen molar-refractivity contribution in [3.8, 4) is 0 Å². The molecule has 17 heavy (non-hydrogen) atoms. The van der Waals surface area contributed by atoms with E-state index in [4.69, 9.17) is 0 Å². The minimum Gasteiger partial charge on any atom is -0.307 e. The van der Waals surface area contributed by atoms with Gasteiger partial charge in [0.25, 0.3) is 0 Å². The second kappa shape index (κ2) is 5.61. The molecule has 1 radical (unpaired) electrons. The van der Waals surface area contributed by atoms with Crippen LogP contribution in [0.15, 0.2) is 54.7 Å². The van der Waals surface area contributed by atoms with Crippen molar-refractivity contribution in [1.29, 1.82) is 0 Å². The van der Waals surface area contributed by atoms with Gasteiger partial charge in [0.15, 0.2) is 0 Å². The molecule has 2 aromatic rings. The summed E-state index contributed by atoms with van der Waals surface area (Å²) in [6.07, 6.45) is 4.74. The van der Waals surface area contributed by atoms with Gasteiger partial charge in [0, 0.05) is 18.3 Å². The maximum atomic E-state index is 11.5. The van der Waals surface area contributed by atoms with Crippen molar-refractivity contribution in [3.63, 3.8) is 0 Å². The minimum atomic E-state index is -0.201. The van der Waals surface area contributed by atoms with E-state index in [0.29, 0.717) is 5.82 Å². The summed E-state index contributed by atoms with van der Waals surface area (Å²) in [4.78, 5) is 15.5. The van der Waals surface area contributed by atoms with Crippen LogP contribution in [0.4, 0.5) is 5.82 Å². The van der Waals surface area contributed by atoms with Crippen LogP contribution in [0.5, 0.6) is 0 Å². The molecule has 0 atom stereocenters. The molecule has 3 heteroatoms. The average molecular weight is 223 g/mol. The predicted molar refractivity (Wildman–Crippen MR) is 67.2 cm³/mol. The molecule has 0 aliphatic carbocycles. The lowest BCUT2D eigenvalue weighted by Crippen LogP contribution is -2.08. The second-order valence-electron chi connectivity index (χ2n) is 3.38. The molecule has 1 N–H and O–H groups in total. The zero-order valence-electron chi connectivity index (χ0n) is 9.13. The number of hydrogen-bond acceptors (Lipinski definition) is 2. The first-order chi connectivity index (χ1) is 8.34. The summed E-state index contributed by atoms with van der Waals surface area (Å²) in [7, 11) is 0. The minimum absolute atomic E-state index is 0.201. The monoisotopic (exact) mass is 223 g/mol. The van der Waals surface area contributed by atoms with Gasteiger partial charge in [0.05, 0.1) is 0 Å². The summed E-state index contributed by atoms with van der Waals surface area (Å²) in [5, 5.41) is 2.66. The lowest BCUT2D eigenvalue weighted by molar-refractivity contribution is -0.111. The van der Waals surface area contributed by atoms with E-state index in [0.717, 1.165) is 5.56 Å². The van der Waals surface area contributed by atoms with Crippen LogP contribution in [0.25, 0.3) is 6.08 Å². The number of nitrogens with zero attached hydrogens (tertiary/aromatic N) is 1. The van der Waals surface area contributed by atoms with Gasteiger partial charge in [-0.1, -0.05) is 30.3 Å². The molecule has 0 aliphatic heterocycles. The molecule has 2 rings (SSSR count). The Morgan fingerprint density at radius 2 is 2.06 bits per heavy atom. The molecule has 0 fully saturated rings. The highest BCUT2D eigenvalue weighted by molar-refractivity contribution is 6.01. The van der Waals surface area contributed by atoms with E-state index in [2.05, 4.69) is 16.4 Å². The third-order valence-corrected chi connectivity index (χ3v) is 2.09. The number of carbonyl (C=O) groups is 1. The maximum Gasteiger partial charge on any atom is 0.249 e. The number of carbonyl (C=O) groups excluding carboxylic acids is 1. The van der Waals surface area contributed by atoms with Crippen LogP contribution in [-0.4, -0.2) is 10.9 Å². The first-order valence-corrected chi connectivity index (χ1v) is 5.21. The van der Waals surface area contributed by atoms with Gasteiger partial charge in [-0.2, -0.15) is 0 Å². The molecule has 3 nitrogen and oxygen atoms in total. The lowest BCUT2D eigenvalue weighted by Gasteiger charge is -1.99. The van der Waals surface area contributed by atoms with Crippen molar-refractivity contribution >= 4 is 17.8 Å². The molecule has 0 unspecified atom stereocenters.